The molecule has 0 unspecified atom stereocenters. The Bertz CT molecular complexity index is 185. The molecule has 0 aromatic carbocycles. The molecular weight excluding hydrogens is 331 g/mol. The molecule has 0 spiro atoms. The van der Waals surface area contributed by atoms with Crippen LogP contribution in [0.4, 0.5) is 0 Å². The van der Waals surface area contributed by atoms with Gasteiger partial charge in [0, 0.05) is 18.6 Å². The Kier molecular flexibility index (Phi) is 19.3. The fraction of sp³-hybridized carbons (Fsp3) is 1.00. The van der Waals surface area contributed by atoms with Gasteiger partial charge < -0.3 is 20.8 Å². The van der Waals surface area contributed by atoms with Crippen LogP contribution in [-0.2, 0) is 18.6 Å². The van der Waals surface area contributed by atoms with Crippen molar-refractivity contribution in [3.8, 4) is 0 Å². The summed E-state index contributed by atoms with van der Waals surface area (Å²) in [5.74, 6) is 0. The van der Waals surface area contributed by atoms with Crippen molar-refractivity contribution in [2.24, 2.45) is 0 Å². The van der Waals surface area contributed by atoms with Crippen LogP contribution in [-0.4, -0.2) is 23.8 Å². The molecule has 3 saturated carbocycles. The predicted octanol–water partition coefficient (Wildman–Crippen LogP) is 1.21. The van der Waals surface area contributed by atoms with E-state index in [4.69, 9.17) is 0 Å². The SMILES string of the molecule is O.[O-]C1CCCCC1.[O-]C1CCCCC1.[O-]C1CCCCC1.[V]. The minimum atomic E-state index is -0.214. The third-order valence-electron chi connectivity index (χ3n) is 4.66. The van der Waals surface area contributed by atoms with E-state index in [1.54, 1.807) is 0 Å². The second kappa shape index (κ2) is 17.3. The standard InChI is InChI=1S/3C6H11O.H2O.V/c3*7-6-4-2-1-3-5-6;;/h3*6H,1-5H2;1H2;/q3*-1;;. The zero-order chi connectivity index (χ0) is 15.3. The second-order valence-electron chi connectivity index (χ2n) is 6.78. The molecular formula is C18H35O4V-3. The molecule has 0 aromatic heterocycles. The van der Waals surface area contributed by atoms with Gasteiger partial charge in [0.15, 0.2) is 0 Å². The summed E-state index contributed by atoms with van der Waals surface area (Å²) in [5.41, 5.74) is 0. The molecule has 0 heterocycles. The normalized spacial score (nSPS) is 23.1. The molecule has 5 heteroatoms. The van der Waals surface area contributed by atoms with E-state index in [0.29, 0.717) is 0 Å². The largest absolute Gasteiger partial charge is 0.852 e. The van der Waals surface area contributed by atoms with E-state index in [1.807, 2.05) is 0 Å². The number of hydrogen-bond donors (Lipinski definition) is 0. The van der Waals surface area contributed by atoms with E-state index in [2.05, 4.69) is 0 Å². The van der Waals surface area contributed by atoms with Gasteiger partial charge in [0.1, 0.15) is 0 Å². The van der Waals surface area contributed by atoms with Crippen LogP contribution in [0.1, 0.15) is 96.3 Å². The van der Waals surface area contributed by atoms with E-state index >= 15 is 0 Å². The van der Waals surface area contributed by atoms with Crippen molar-refractivity contribution < 1.29 is 39.4 Å². The van der Waals surface area contributed by atoms with E-state index < -0.39 is 0 Å². The van der Waals surface area contributed by atoms with Gasteiger partial charge in [-0.15, -0.1) is 18.3 Å². The van der Waals surface area contributed by atoms with Crippen molar-refractivity contribution in [1.82, 2.24) is 0 Å². The van der Waals surface area contributed by atoms with E-state index in [1.165, 1.54) is 57.8 Å². The first-order valence-electron chi connectivity index (χ1n) is 9.16. The van der Waals surface area contributed by atoms with Crippen molar-refractivity contribution in [3.63, 3.8) is 0 Å². The van der Waals surface area contributed by atoms with E-state index in [9.17, 15) is 15.3 Å². The van der Waals surface area contributed by atoms with Crippen LogP contribution in [0.3, 0.4) is 0 Å². The molecule has 1 radical (unpaired) electrons. The van der Waals surface area contributed by atoms with Crippen molar-refractivity contribution in [1.29, 1.82) is 0 Å². The zero-order valence-corrected chi connectivity index (χ0v) is 15.9. The molecule has 23 heavy (non-hydrogen) atoms. The van der Waals surface area contributed by atoms with Gasteiger partial charge in [-0.2, -0.15) is 0 Å². The topological polar surface area (TPSA) is 101 Å². The summed E-state index contributed by atoms with van der Waals surface area (Å²) < 4.78 is 0. The summed E-state index contributed by atoms with van der Waals surface area (Å²) in [6, 6.07) is 0. The molecule has 139 valence electrons. The first-order chi connectivity index (χ1) is 10.2. The molecule has 3 fully saturated rings. The average molecular weight is 366 g/mol. The van der Waals surface area contributed by atoms with Crippen LogP contribution < -0.4 is 15.3 Å². The van der Waals surface area contributed by atoms with Gasteiger partial charge in [0.05, 0.1) is 0 Å². The first kappa shape index (κ1) is 25.7. The molecule has 0 aromatic rings. The minimum Gasteiger partial charge on any atom is -0.852 e. The van der Waals surface area contributed by atoms with Crippen molar-refractivity contribution in [2.45, 2.75) is 115 Å². The predicted molar refractivity (Wildman–Crippen MR) is 84.2 cm³/mol. The molecule has 0 aliphatic heterocycles. The van der Waals surface area contributed by atoms with E-state index in [-0.39, 0.29) is 42.3 Å². The summed E-state index contributed by atoms with van der Waals surface area (Å²) in [6.45, 7) is 0. The number of rotatable bonds is 0. The maximum Gasteiger partial charge on any atom is 0 e. The quantitative estimate of drug-likeness (QED) is 0.644. The number of hydrogen-bond acceptors (Lipinski definition) is 3. The fourth-order valence-corrected chi connectivity index (χ4v) is 3.20. The molecule has 0 bridgehead atoms. The Labute approximate surface area is 154 Å². The Morgan fingerprint density at radius 1 is 0.391 bits per heavy atom. The molecule has 0 atom stereocenters. The molecule has 3 rings (SSSR count). The second-order valence-corrected chi connectivity index (χ2v) is 6.78. The monoisotopic (exact) mass is 366 g/mol. The maximum atomic E-state index is 10.5. The third kappa shape index (κ3) is 15.7. The van der Waals surface area contributed by atoms with E-state index in [0.717, 1.165) is 38.5 Å². The molecule has 3 aliphatic rings. The van der Waals surface area contributed by atoms with Crippen LogP contribution in [0.25, 0.3) is 0 Å². The van der Waals surface area contributed by atoms with Crippen LogP contribution in [0, 0.1) is 0 Å². The Hall–Kier alpha value is 0.424. The fourth-order valence-electron chi connectivity index (χ4n) is 3.20. The smallest absolute Gasteiger partial charge is 0 e. The molecule has 2 N–H and O–H groups in total. The maximum absolute atomic E-state index is 10.5. The van der Waals surface area contributed by atoms with Gasteiger partial charge in [0.25, 0.3) is 0 Å². The van der Waals surface area contributed by atoms with Crippen LogP contribution >= 0.6 is 0 Å². The van der Waals surface area contributed by atoms with Crippen molar-refractivity contribution in [3.05, 3.63) is 0 Å². The Morgan fingerprint density at radius 2 is 0.565 bits per heavy atom. The van der Waals surface area contributed by atoms with Gasteiger partial charge in [-0.3, -0.25) is 0 Å². The molecule has 0 saturated heterocycles. The van der Waals surface area contributed by atoms with Crippen LogP contribution in [0.2, 0.25) is 0 Å². The summed E-state index contributed by atoms with van der Waals surface area (Å²) in [6.07, 6.45) is 15.9. The summed E-state index contributed by atoms with van der Waals surface area (Å²) >= 11 is 0. The summed E-state index contributed by atoms with van der Waals surface area (Å²) in [5, 5.41) is 31.6. The van der Waals surface area contributed by atoms with Gasteiger partial charge in [-0.25, -0.2) is 0 Å². The van der Waals surface area contributed by atoms with Crippen molar-refractivity contribution in [2.75, 3.05) is 0 Å². The summed E-state index contributed by atoms with van der Waals surface area (Å²) in [7, 11) is 0. The van der Waals surface area contributed by atoms with Gasteiger partial charge in [-0.1, -0.05) is 96.3 Å². The van der Waals surface area contributed by atoms with Crippen molar-refractivity contribution >= 4 is 0 Å². The van der Waals surface area contributed by atoms with Gasteiger partial charge >= 0.3 is 0 Å². The molecule has 3 aliphatic carbocycles. The van der Waals surface area contributed by atoms with Crippen LogP contribution in [0.15, 0.2) is 0 Å². The Morgan fingerprint density at radius 3 is 0.652 bits per heavy atom. The summed E-state index contributed by atoms with van der Waals surface area (Å²) in [4.78, 5) is 0. The van der Waals surface area contributed by atoms with Gasteiger partial charge in [0.2, 0.25) is 0 Å². The zero-order valence-electron chi connectivity index (χ0n) is 14.5. The molecule has 0 amide bonds. The average Bonchev–Trinajstić information content (AvgIpc) is 2.51. The van der Waals surface area contributed by atoms with Gasteiger partial charge in [-0.05, 0) is 0 Å². The Balaban J connectivity index is 0. The molecule has 4 nitrogen and oxygen atoms in total. The van der Waals surface area contributed by atoms with Crippen LogP contribution in [0.5, 0.6) is 0 Å². The third-order valence-corrected chi connectivity index (χ3v) is 4.66. The first-order valence-corrected chi connectivity index (χ1v) is 9.16. The minimum absolute atomic E-state index is 0.